The number of hydrogen-bond donors (Lipinski definition) is 4. The van der Waals surface area contributed by atoms with E-state index in [2.05, 4.69) is 0 Å². The van der Waals surface area contributed by atoms with Crippen LogP contribution in [0.1, 0.15) is 80.1 Å². The minimum atomic E-state index is -2.65. The average Bonchev–Trinajstić information content (AvgIpc) is 2.90. The molecule has 1 unspecified atom stereocenters. The number of benzene rings is 2. The summed E-state index contributed by atoms with van der Waals surface area (Å²) in [6.07, 6.45) is 0.690. The molecule has 5 rings (SSSR count). The van der Waals surface area contributed by atoms with Gasteiger partial charge in [0.25, 0.3) is 0 Å². The molecule has 0 amide bonds. The van der Waals surface area contributed by atoms with Gasteiger partial charge in [-0.25, -0.2) is 0 Å². The van der Waals surface area contributed by atoms with Gasteiger partial charge in [0.1, 0.15) is 22.8 Å². The summed E-state index contributed by atoms with van der Waals surface area (Å²) in [5.74, 6) is -5.60. The third kappa shape index (κ3) is 4.21. The Labute approximate surface area is 250 Å². The highest BCUT2D eigenvalue weighted by Crippen LogP contribution is 2.65. The van der Waals surface area contributed by atoms with E-state index in [9.17, 15) is 39.6 Å². The number of phenolic OH excluding ortho intramolecular Hbond substituents is 1. The van der Waals surface area contributed by atoms with Crippen LogP contribution in [0.15, 0.2) is 53.3 Å². The summed E-state index contributed by atoms with van der Waals surface area (Å²) >= 11 is 0. The molecule has 1 saturated carbocycles. The molecule has 43 heavy (non-hydrogen) atoms. The molecule has 4 atom stereocenters. The van der Waals surface area contributed by atoms with E-state index < -0.39 is 62.7 Å². The number of allylic oxidation sites excluding steroid dienone is 1. The number of aryl methyl sites for hydroxylation is 2. The zero-order valence-corrected chi connectivity index (χ0v) is 25.4. The van der Waals surface area contributed by atoms with Crippen LogP contribution in [0.4, 0.5) is 0 Å². The Hall–Kier alpha value is -4.04. The number of phenols is 1. The fourth-order valence-electron chi connectivity index (χ4n) is 8.15. The van der Waals surface area contributed by atoms with Crippen molar-refractivity contribution in [2.45, 2.75) is 72.8 Å². The fourth-order valence-corrected chi connectivity index (χ4v) is 8.15. The number of rotatable bonds is 6. The molecule has 2 aromatic carbocycles. The number of fused-ring (bicyclic) bond motifs is 3. The Bertz CT molecular complexity index is 1660. The van der Waals surface area contributed by atoms with Gasteiger partial charge >= 0.3 is 0 Å². The second-order valence-electron chi connectivity index (χ2n) is 13.3. The first-order chi connectivity index (χ1) is 20.0. The zero-order valence-electron chi connectivity index (χ0n) is 25.4. The Balaban J connectivity index is 1.65. The lowest BCUT2D eigenvalue weighted by molar-refractivity contribution is -0.178. The molecular formula is C35H38O8. The predicted octanol–water partition coefficient (Wildman–Crippen LogP) is 5.31. The van der Waals surface area contributed by atoms with Gasteiger partial charge in [0.2, 0.25) is 5.78 Å². The van der Waals surface area contributed by atoms with Crippen molar-refractivity contribution in [2.75, 3.05) is 0 Å². The van der Waals surface area contributed by atoms with Crippen molar-refractivity contribution in [3.63, 3.8) is 0 Å². The number of aliphatic hydroxyl groups is 3. The van der Waals surface area contributed by atoms with Crippen LogP contribution in [-0.4, -0.2) is 49.2 Å². The van der Waals surface area contributed by atoms with Gasteiger partial charge in [-0.05, 0) is 56.2 Å². The van der Waals surface area contributed by atoms with E-state index in [4.69, 9.17) is 0 Å². The number of carbonyl (C=O) groups is 4. The van der Waals surface area contributed by atoms with Crippen molar-refractivity contribution in [2.24, 2.45) is 22.7 Å². The van der Waals surface area contributed by atoms with E-state index in [-0.39, 0.29) is 41.9 Å². The molecule has 0 aromatic heterocycles. The van der Waals surface area contributed by atoms with Crippen LogP contribution in [0.3, 0.4) is 0 Å². The zero-order chi connectivity index (χ0) is 31.8. The number of aromatic hydroxyl groups is 1. The van der Waals surface area contributed by atoms with Gasteiger partial charge in [0.15, 0.2) is 23.0 Å². The fraction of sp³-hybridized carbons (Fsp3) is 0.429. The number of carbonyl (C=O) groups excluding carboxylic acids is 4. The maximum atomic E-state index is 14.4. The summed E-state index contributed by atoms with van der Waals surface area (Å²) in [5, 5.41) is 45.9. The Morgan fingerprint density at radius 1 is 1.00 bits per heavy atom. The first-order valence-corrected chi connectivity index (χ1v) is 14.6. The molecular weight excluding hydrogens is 548 g/mol. The topological polar surface area (TPSA) is 149 Å². The maximum absolute atomic E-state index is 14.4. The van der Waals surface area contributed by atoms with Gasteiger partial charge in [0, 0.05) is 34.3 Å². The van der Waals surface area contributed by atoms with Gasteiger partial charge in [-0.2, -0.15) is 0 Å². The van der Waals surface area contributed by atoms with Crippen molar-refractivity contribution in [1.82, 2.24) is 0 Å². The first kappa shape index (κ1) is 30.4. The number of ketones is 4. The molecule has 0 spiro atoms. The lowest BCUT2D eigenvalue weighted by Gasteiger charge is -2.59. The van der Waals surface area contributed by atoms with Gasteiger partial charge < -0.3 is 20.4 Å². The normalized spacial score (nSPS) is 28.5. The molecule has 3 aliphatic carbocycles. The standard InChI is InChI=1S/C35H38O8/c1-17(2)27-29(39)25(19(4)36)31(41)35(43)32(42)28-30(40)26-22(15-33(28,5)16-34(27,35)6)20(12-14-24(26)38)11-13-23(37)21-9-7-18(3)8-10-21/h7-10,12,14,17,27,38,40-41,43H,11,13,15-16H2,1-6H3/t27?,33-,34-,35+/m1/s1. The van der Waals surface area contributed by atoms with Crippen molar-refractivity contribution >= 4 is 28.9 Å². The van der Waals surface area contributed by atoms with E-state index in [0.29, 0.717) is 17.5 Å². The van der Waals surface area contributed by atoms with E-state index in [1.165, 1.54) is 6.07 Å². The van der Waals surface area contributed by atoms with Gasteiger partial charge in [-0.1, -0.05) is 63.6 Å². The molecule has 8 heteroatoms. The Kier molecular flexibility index (Phi) is 7.08. The highest BCUT2D eigenvalue weighted by Gasteiger charge is 2.72. The van der Waals surface area contributed by atoms with Crippen LogP contribution in [0.5, 0.6) is 5.75 Å². The molecule has 3 aliphatic rings. The Morgan fingerprint density at radius 2 is 1.63 bits per heavy atom. The van der Waals surface area contributed by atoms with Crippen molar-refractivity contribution in [1.29, 1.82) is 0 Å². The van der Waals surface area contributed by atoms with Crippen LogP contribution in [0, 0.1) is 29.6 Å². The average molecular weight is 587 g/mol. The van der Waals surface area contributed by atoms with Crippen molar-refractivity contribution in [3.8, 4) is 5.75 Å². The summed E-state index contributed by atoms with van der Waals surface area (Å²) in [5.41, 5.74) is -3.09. The second-order valence-corrected chi connectivity index (χ2v) is 13.3. The minimum Gasteiger partial charge on any atom is -0.508 e. The van der Waals surface area contributed by atoms with Gasteiger partial charge in [0.05, 0.1) is 5.56 Å². The summed E-state index contributed by atoms with van der Waals surface area (Å²) < 4.78 is 0. The second kappa shape index (κ2) is 10.0. The lowest BCUT2D eigenvalue weighted by atomic mass is 9.43. The summed E-state index contributed by atoms with van der Waals surface area (Å²) in [6, 6.07) is 10.4. The lowest BCUT2D eigenvalue weighted by Crippen LogP contribution is -2.69. The molecule has 0 radical (unpaired) electrons. The summed E-state index contributed by atoms with van der Waals surface area (Å²) in [4.78, 5) is 53.5. The van der Waals surface area contributed by atoms with Crippen LogP contribution < -0.4 is 0 Å². The minimum absolute atomic E-state index is 0.0162. The van der Waals surface area contributed by atoms with Crippen LogP contribution >= 0.6 is 0 Å². The molecule has 0 heterocycles. The predicted molar refractivity (Wildman–Crippen MR) is 160 cm³/mol. The monoisotopic (exact) mass is 586 g/mol. The van der Waals surface area contributed by atoms with Crippen molar-refractivity contribution < 1.29 is 39.6 Å². The van der Waals surface area contributed by atoms with E-state index >= 15 is 0 Å². The quantitative estimate of drug-likeness (QED) is 0.263. The van der Waals surface area contributed by atoms with E-state index in [1.54, 1.807) is 45.9 Å². The van der Waals surface area contributed by atoms with Gasteiger partial charge in [-0.3, -0.25) is 19.2 Å². The third-order valence-electron chi connectivity index (χ3n) is 9.98. The first-order valence-electron chi connectivity index (χ1n) is 14.6. The smallest absolute Gasteiger partial charge is 0.203 e. The molecule has 0 aliphatic heterocycles. The number of Topliss-reactive ketones (excluding diaryl/α,β-unsaturated/α-hetero) is 4. The van der Waals surface area contributed by atoms with Gasteiger partial charge in [-0.15, -0.1) is 0 Å². The molecule has 2 aromatic rings. The largest absolute Gasteiger partial charge is 0.508 e. The van der Waals surface area contributed by atoms with Crippen molar-refractivity contribution in [3.05, 3.63) is 81.1 Å². The summed E-state index contributed by atoms with van der Waals surface area (Å²) in [7, 11) is 0. The number of aliphatic hydroxyl groups excluding tert-OH is 2. The molecule has 0 bridgehead atoms. The van der Waals surface area contributed by atoms with E-state index in [0.717, 1.165) is 18.1 Å². The van der Waals surface area contributed by atoms with E-state index in [1.807, 2.05) is 19.1 Å². The summed E-state index contributed by atoms with van der Waals surface area (Å²) in [6.45, 7) is 9.91. The third-order valence-corrected chi connectivity index (χ3v) is 9.98. The molecule has 8 nitrogen and oxygen atoms in total. The Morgan fingerprint density at radius 3 is 2.21 bits per heavy atom. The van der Waals surface area contributed by atoms with Crippen LogP contribution in [0.25, 0.3) is 5.76 Å². The van der Waals surface area contributed by atoms with Crippen LogP contribution in [0.2, 0.25) is 0 Å². The molecule has 0 saturated heterocycles. The highest BCUT2D eigenvalue weighted by molar-refractivity contribution is 6.24. The highest BCUT2D eigenvalue weighted by atomic mass is 16.3. The molecule has 4 N–H and O–H groups in total. The van der Waals surface area contributed by atoms with Crippen LogP contribution in [-0.2, 0) is 27.2 Å². The SMILES string of the molecule is CC(=O)C1=C(O)[C@]2(O)C(=O)C3=C(O)c4c(O)ccc(CCC(=O)c5ccc(C)cc5)c4C[C@]3(C)C[C@]2(C)C(C(C)C)C1=O. The maximum Gasteiger partial charge on any atom is 0.203 e. The molecule has 1 fully saturated rings. The molecule has 226 valence electrons. The number of hydrogen-bond acceptors (Lipinski definition) is 8.